The standard InChI is InChI=1S/C27H39NO5S2/c1-6-8-9-10-11-12-19(5)33-22-14-13-20(16-23(22)32-7-2)17-24-25(29)28(27(34)35-24)21(26(30)31)15-18(3)4/h13-14,16-19,21H,6-12,15H2,1-5H3,(H,30,31)/b24-17+/t19-,21+/m0/s1. The molecule has 6 nitrogen and oxygen atoms in total. The van der Waals surface area contributed by atoms with Crippen LogP contribution in [0.25, 0.3) is 6.08 Å². The third kappa shape index (κ3) is 8.83. The van der Waals surface area contributed by atoms with Crippen molar-refractivity contribution in [1.82, 2.24) is 4.90 Å². The number of thiocarbonyl (C=S) groups is 1. The molecule has 0 spiro atoms. The molecule has 0 bridgehead atoms. The van der Waals surface area contributed by atoms with E-state index in [1.165, 1.54) is 30.6 Å². The smallest absolute Gasteiger partial charge is 0.326 e. The zero-order valence-corrected chi connectivity index (χ0v) is 23.2. The zero-order valence-electron chi connectivity index (χ0n) is 21.5. The highest BCUT2D eigenvalue weighted by molar-refractivity contribution is 8.26. The van der Waals surface area contributed by atoms with Crippen molar-refractivity contribution in [3.05, 3.63) is 28.7 Å². The molecule has 1 aromatic carbocycles. The van der Waals surface area contributed by atoms with Gasteiger partial charge in [0.2, 0.25) is 0 Å². The summed E-state index contributed by atoms with van der Waals surface area (Å²) in [4.78, 5) is 26.5. The Labute approximate surface area is 219 Å². The van der Waals surface area contributed by atoms with Crippen LogP contribution in [0.1, 0.15) is 85.1 Å². The normalized spacial score (nSPS) is 16.7. The van der Waals surface area contributed by atoms with E-state index in [1.807, 2.05) is 39.0 Å². The van der Waals surface area contributed by atoms with E-state index >= 15 is 0 Å². The minimum Gasteiger partial charge on any atom is -0.490 e. The number of nitrogens with zero attached hydrogens (tertiary/aromatic N) is 1. The van der Waals surface area contributed by atoms with Crippen molar-refractivity contribution >= 4 is 46.3 Å². The molecular weight excluding hydrogens is 482 g/mol. The van der Waals surface area contributed by atoms with Crippen molar-refractivity contribution in [3.8, 4) is 11.5 Å². The summed E-state index contributed by atoms with van der Waals surface area (Å²) in [6, 6.07) is 4.62. The average Bonchev–Trinajstić information content (AvgIpc) is 3.06. The predicted molar refractivity (Wildman–Crippen MR) is 147 cm³/mol. The van der Waals surface area contributed by atoms with E-state index in [2.05, 4.69) is 13.8 Å². The molecule has 194 valence electrons. The summed E-state index contributed by atoms with van der Waals surface area (Å²) in [7, 11) is 0. The highest BCUT2D eigenvalue weighted by atomic mass is 32.2. The molecule has 1 fully saturated rings. The predicted octanol–water partition coefficient (Wildman–Crippen LogP) is 6.91. The molecule has 1 saturated heterocycles. The molecule has 0 radical (unpaired) electrons. The second-order valence-corrected chi connectivity index (χ2v) is 11.0. The van der Waals surface area contributed by atoms with Gasteiger partial charge in [-0.3, -0.25) is 9.69 Å². The van der Waals surface area contributed by atoms with Gasteiger partial charge in [-0.2, -0.15) is 0 Å². The molecule has 2 rings (SSSR count). The van der Waals surface area contributed by atoms with Gasteiger partial charge in [0.25, 0.3) is 5.91 Å². The van der Waals surface area contributed by atoms with Crippen molar-refractivity contribution in [1.29, 1.82) is 0 Å². The van der Waals surface area contributed by atoms with Gasteiger partial charge in [-0.25, -0.2) is 4.79 Å². The summed E-state index contributed by atoms with van der Waals surface area (Å²) >= 11 is 6.50. The lowest BCUT2D eigenvalue weighted by Gasteiger charge is -2.24. The maximum absolute atomic E-state index is 13.1. The minimum absolute atomic E-state index is 0.0758. The highest BCUT2D eigenvalue weighted by Crippen LogP contribution is 2.37. The first-order chi connectivity index (χ1) is 16.7. The van der Waals surface area contributed by atoms with Crippen LogP contribution in [0.2, 0.25) is 0 Å². The number of ether oxygens (including phenoxy) is 2. The Morgan fingerprint density at radius 1 is 1.14 bits per heavy atom. The Morgan fingerprint density at radius 2 is 1.86 bits per heavy atom. The van der Waals surface area contributed by atoms with Crippen LogP contribution in [0, 0.1) is 5.92 Å². The van der Waals surface area contributed by atoms with Crippen LogP contribution < -0.4 is 9.47 Å². The number of hydrogen-bond acceptors (Lipinski definition) is 6. The topological polar surface area (TPSA) is 76.1 Å². The number of carboxylic acid groups (broad SMARTS) is 1. The van der Waals surface area contributed by atoms with E-state index in [9.17, 15) is 14.7 Å². The van der Waals surface area contributed by atoms with E-state index in [4.69, 9.17) is 21.7 Å². The Kier molecular flexibility index (Phi) is 12.1. The number of carbonyl (C=O) groups is 2. The molecule has 1 heterocycles. The number of carboxylic acids is 1. The van der Waals surface area contributed by atoms with Gasteiger partial charge in [-0.05, 0) is 62.8 Å². The van der Waals surface area contributed by atoms with Crippen molar-refractivity contribution in [2.75, 3.05) is 6.61 Å². The molecule has 0 aromatic heterocycles. The molecular formula is C27H39NO5S2. The number of amides is 1. The van der Waals surface area contributed by atoms with Crippen molar-refractivity contribution in [2.45, 2.75) is 91.7 Å². The Bertz CT molecular complexity index is 915. The maximum Gasteiger partial charge on any atom is 0.326 e. The summed E-state index contributed by atoms with van der Waals surface area (Å²) in [5.41, 5.74) is 0.768. The third-order valence-electron chi connectivity index (χ3n) is 5.72. The van der Waals surface area contributed by atoms with Crippen molar-refractivity contribution in [2.24, 2.45) is 5.92 Å². The monoisotopic (exact) mass is 521 g/mol. The van der Waals surface area contributed by atoms with E-state index in [0.29, 0.717) is 29.4 Å². The van der Waals surface area contributed by atoms with E-state index in [1.54, 1.807) is 6.08 Å². The SMILES string of the molecule is CCCCCCC[C@H](C)Oc1ccc(/C=C2/SC(=S)N([C@H](CC(C)C)C(=O)O)C2=O)cc1OCC. The second kappa shape index (κ2) is 14.5. The van der Waals surface area contributed by atoms with Gasteiger partial charge < -0.3 is 14.6 Å². The van der Waals surface area contributed by atoms with Crippen molar-refractivity contribution in [3.63, 3.8) is 0 Å². The van der Waals surface area contributed by atoms with E-state index < -0.39 is 12.0 Å². The van der Waals surface area contributed by atoms with Crippen LogP contribution in [0.4, 0.5) is 0 Å². The highest BCUT2D eigenvalue weighted by Gasteiger charge is 2.40. The van der Waals surface area contributed by atoms with Crippen LogP contribution in [-0.2, 0) is 9.59 Å². The van der Waals surface area contributed by atoms with Crippen LogP contribution in [0.15, 0.2) is 23.1 Å². The van der Waals surface area contributed by atoms with Crippen LogP contribution in [0.3, 0.4) is 0 Å². The van der Waals surface area contributed by atoms with Crippen LogP contribution in [0.5, 0.6) is 11.5 Å². The Balaban J connectivity index is 2.15. The zero-order chi connectivity index (χ0) is 26.0. The first-order valence-corrected chi connectivity index (χ1v) is 13.8. The summed E-state index contributed by atoms with van der Waals surface area (Å²) in [5.74, 6) is 0.00178. The minimum atomic E-state index is -1.05. The number of aliphatic carboxylic acids is 1. The molecule has 0 aliphatic carbocycles. The molecule has 0 saturated carbocycles. The Hall–Kier alpha value is -2.06. The fourth-order valence-electron chi connectivity index (χ4n) is 3.95. The van der Waals surface area contributed by atoms with Gasteiger partial charge in [-0.15, -0.1) is 0 Å². The van der Waals surface area contributed by atoms with Crippen LogP contribution >= 0.6 is 24.0 Å². The van der Waals surface area contributed by atoms with Gasteiger partial charge in [-0.1, -0.05) is 76.5 Å². The lowest BCUT2D eigenvalue weighted by atomic mass is 10.0. The number of unbranched alkanes of at least 4 members (excludes halogenated alkanes) is 4. The molecule has 2 atom stereocenters. The molecule has 1 N–H and O–H groups in total. The van der Waals surface area contributed by atoms with Gasteiger partial charge in [0.05, 0.1) is 17.6 Å². The number of rotatable bonds is 15. The molecule has 35 heavy (non-hydrogen) atoms. The Morgan fingerprint density at radius 3 is 2.49 bits per heavy atom. The summed E-state index contributed by atoms with van der Waals surface area (Å²) < 4.78 is 12.3. The van der Waals surface area contributed by atoms with Gasteiger partial charge >= 0.3 is 5.97 Å². The quantitative estimate of drug-likeness (QED) is 0.153. The van der Waals surface area contributed by atoms with Gasteiger partial charge in [0.1, 0.15) is 10.4 Å². The van der Waals surface area contributed by atoms with E-state index in [-0.39, 0.29) is 22.2 Å². The fourth-order valence-corrected chi connectivity index (χ4v) is 5.31. The van der Waals surface area contributed by atoms with Crippen molar-refractivity contribution < 1.29 is 24.2 Å². The third-order valence-corrected chi connectivity index (χ3v) is 7.05. The second-order valence-electron chi connectivity index (χ2n) is 9.31. The average molecular weight is 522 g/mol. The first-order valence-electron chi connectivity index (χ1n) is 12.6. The lowest BCUT2D eigenvalue weighted by molar-refractivity contribution is -0.145. The number of carbonyl (C=O) groups excluding carboxylic acids is 1. The van der Waals surface area contributed by atoms with Gasteiger partial charge in [0.15, 0.2) is 11.5 Å². The number of benzene rings is 1. The first kappa shape index (κ1) is 29.2. The number of hydrogen-bond donors (Lipinski definition) is 1. The van der Waals surface area contributed by atoms with Gasteiger partial charge in [0, 0.05) is 0 Å². The molecule has 1 aliphatic heterocycles. The molecule has 1 aliphatic rings. The summed E-state index contributed by atoms with van der Waals surface area (Å²) in [6.45, 7) is 10.5. The molecule has 1 aromatic rings. The largest absolute Gasteiger partial charge is 0.490 e. The summed E-state index contributed by atoms with van der Waals surface area (Å²) in [6.07, 6.45) is 9.27. The van der Waals surface area contributed by atoms with E-state index in [0.717, 1.165) is 30.2 Å². The molecule has 0 unspecified atom stereocenters. The van der Waals surface area contributed by atoms with Crippen LogP contribution in [-0.4, -0.2) is 45.0 Å². The fraction of sp³-hybridized carbons (Fsp3) is 0.593. The lowest BCUT2D eigenvalue weighted by Crippen LogP contribution is -2.44. The summed E-state index contributed by atoms with van der Waals surface area (Å²) in [5, 5.41) is 9.67. The maximum atomic E-state index is 13.1. The molecule has 8 heteroatoms. The molecule has 1 amide bonds. The number of thioether (sulfide) groups is 1.